The first kappa shape index (κ1) is 13.9. The molecule has 1 aromatic carbocycles. The Morgan fingerprint density at radius 2 is 2.30 bits per heavy atom. The number of nitrogens with zero attached hydrogens (tertiary/aromatic N) is 2. The van der Waals surface area contributed by atoms with E-state index in [4.69, 9.17) is 16.1 Å². The van der Waals surface area contributed by atoms with Crippen LogP contribution in [0.25, 0.3) is 0 Å². The fourth-order valence-electron chi connectivity index (χ4n) is 2.08. The van der Waals surface area contributed by atoms with Gasteiger partial charge in [-0.1, -0.05) is 28.9 Å². The average Bonchev–Trinajstić information content (AvgIpc) is 3.06. The number of β-amino-alcohol motifs (C(OH)–C–C–N with tert-alkyl or cyclic N) is 1. The zero-order valence-electron chi connectivity index (χ0n) is 10.6. The van der Waals surface area contributed by atoms with Gasteiger partial charge < -0.3 is 14.9 Å². The van der Waals surface area contributed by atoms with Crippen molar-refractivity contribution in [2.75, 3.05) is 6.54 Å². The quantitative estimate of drug-likeness (QED) is 0.845. The number of halogens is 1. The lowest BCUT2D eigenvalue weighted by Gasteiger charge is -2.02. The summed E-state index contributed by atoms with van der Waals surface area (Å²) in [4.78, 5) is 5.35. The Labute approximate surface area is 125 Å². The Bertz CT molecular complexity index is 593. The smallest absolute Gasteiger partial charge is 0.243 e. The third kappa shape index (κ3) is 3.15. The summed E-state index contributed by atoms with van der Waals surface area (Å²) < 4.78 is 5.23. The molecule has 0 radical (unpaired) electrons. The van der Waals surface area contributed by atoms with Gasteiger partial charge in [-0.3, -0.25) is 0 Å². The van der Waals surface area contributed by atoms with Crippen molar-refractivity contribution in [2.24, 2.45) is 0 Å². The largest absolute Gasteiger partial charge is 0.392 e. The first-order valence-corrected chi connectivity index (χ1v) is 7.70. The molecule has 2 aromatic rings. The van der Waals surface area contributed by atoms with E-state index in [-0.39, 0.29) is 12.1 Å². The van der Waals surface area contributed by atoms with Gasteiger partial charge in [-0.15, -0.1) is 11.8 Å². The van der Waals surface area contributed by atoms with Crippen LogP contribution in [0.5, 0.6) is 0 Å². The van der Waals surface area contributed by atoms with Crippen LogP contribution in [0.15, 0.2) is 33.7 Å². The van der Waals surface area contributed by atoms with Gasteiger partial charge in [0.2, 0.25) is 5.89 Å². The minimum atomic E-state index is -0.340. The molecule has 0 saturated carbocycles. The lowest BCUT2D eigenvalue weighted by atomic mass is 10.2. The lowest BCUT2D eigenvalue weighted by molar-refractivity contribution is 0.191. The molecule has 1 aliphatic rings. The van der Waals surface area contributed by atoms with E-state index in [1.807, 2.05) is 24.3 Å². The highest BCUT2D eigenvalue weighted by Gasteiger charge is 2.28. The molecule has 2 N–H and O–H groups in total. The average molecular weight is 312 g/mol. The number of thioether (sulfide) groups is 1. The van der Waals surface area contributed by atoms with Crippen molar-refractivity contribution < 1.29 is 9.63 Å². The number of aliphatic hydroxyl groups is 1. The van der Waals surface area contributed by atoms with Gasteiger partial charge in [0.25, 0.3) is 0 Å². The molecule has 0 amide bonds. The number of aromatic nitrogens is 2. The molecule has 0 spiro atoms. The van der Waals surface area contributed by atoms with E-state index < -0.39 is 0 Å². The van der Waals surface area contributed by atoms with Crippen LogP contribution in [0.2, 0.25) is 5.02 Å². The van der Waals surface area contributed by atoms with E-state index in [0.717, 1.165) is 9.92 Å². The molecule has 2 unspecified atom stereocenters. The predicted octanol–water partition coefficient (Wildman–Crippen LogP) is 2.41. The van der Waals surface area contributed by atoms with Crippen LogP contribution in [0, 0.1) is 0 Å². The molecule has 1 aromatic heterocycles. The van der Waals surface area contributed by atoms with Crippen LogP contribution in [0.3, 0.4) is 0 Å². The molecular formula is C13H14ClN3O2S. The Kier molecular flexibility index (Phi) is 4.26. The lowest BCUT2D eigenvalue weighted by Crippen LogP contribution is -2.15. The van der Waals surface area contributed by atoms with Gasteiger partial charge in [0.15, 0.2) is 5.82 Å². The van der Waals surface area contributed by atoms with Gasteiger partial charge in [-0.25, -0.2) is 0 Å². The molecule has 20 heavy (non-hydrogen) atoms. The molecule has 5 nitrogen and oxygen atoms in total. The SMILES string of the molecule is OC1CNC(c2nc(CSc3ccccc3Cl)no2)C1. The molecule has 1 fully saturated rings. The molecule has 1 saturated heterocycles. The van der Waals surface area contributed by atoms with Crippen molar-refractivity contribution in [3.63, 3.8) is 0 Å². The number of hydrogen-bond acceptors (Lipinski definition) is 6. The number of hydrogen-bond donors (Lipinski definition) is 2. The van der Waals surface area contributed by atoms with E-state index in [2.05, 4.69) is 15.5 Å². The third-order valence-corrected chi connectivity index (χ3v) is 4.59. The molecular weight excluding hydrogens is 298 g/mol. The van der Waals surface area contributed by atoms with E-state index in [9.17, 15) is 5.11 Å². The molecule has 3 rings (SSSR count). The Hall–Kier alpha value is -1.08. The zero-order valence-corrected chi connectivity index (χ0v) is 12.2. The Morgan fingerprint density at radius 3 is 3.05 bits per heavy atom. The second-order valence-corrected chi connectivity index (χ2v) is 6.04. The van der Waals surface area contributed by atoms with Crippen molar-refractivity contribution in [2.45, 2.75) is 29.2 Å². The third-order valence-electron chi connectivity index (χ3n) is 3.08. The van der Waals surface area contributed by atoms with Crippen LogP contribution in [-0.2, 0) is 5.75 Å². The van der Waals surface area contributed by atoms with Crippen molar-refractivity contribution in [3.05, 3.63) is 41.0 Å². The molecule has 0 aliphatic carbocycles. The van der Waals surface area contributed by atoms with Crippen molar-refractivity contribution in [1.82, 2.24) is 15.5 Å². The van der Waals surface area contributed by atoms with E-state index in [1.54, 1.807) is 11.8 Å². The maximum absolute atomic E-state index is 9.48. The maximum Gasteiger partial charge on any atom is 0.243 e. The molecule has 2 heterocycles. The molecule has 106 valence electrons. The summed E-state index contributed by atoms with van der Waals surface area (Å²) in [5.74, 6) is 1.77. The summed E-state index contributed by atoms with van der Waals surface area (Å²) in [6.07, 6.45) is 0.270. The van der Waals surface area contributed by atoms with Crippen LogP contribution >= 0.6 is 23.4 Å². The van der Waals surface area contributed by atoms with Gasteiger partial charge in [0.05, 0.1) is 22.9 Å². The van der Waals surface area contributed by atoms with Gasteiger partial charge in [0, 0.05) is 11.4 Å². The molecule has 2 atom stereocenters. The summed E-state index contributed by atoms with van der Waals surface area (Å²) >= 11 is 7.66. The fraction of sp³-hybridized carbons (Fsp3) is 0.385. The highest BCUT2D eigenvalue weighted by Crippen LogP contribution is 2.29. The number of benzene rings is 1. The summed E-state index contributed by atoms with van der Waals surface area (Å²) in [6, 6.07) is 7.62. The molecule has 7 heteroatoms. The summed E-state index contributed by atoms with van der Waals surface area (Å²) in [5.41, 5.74) is 0. The second-order valence-electron chi connectivity index (χ2n) is 4.62. The van der Waals surface area contributed by atoms with Gasteiger partial charge in [-0.05, 0) is 18.6 Å². The van der Waals surface area contributed by atoms with Crippen LogP contribution in [0.4, 0.5) is 0 Å². The highest BCUT2D eigenvalue weighted by atomic mass is 35.5. The van der Waals surface area contributed by atoms with Gasteiger partial charge in [-0.2, -0.15) is 4.98 Å². The Balaban J connectivity index is 1.62. The zero-order chi connectivity index (χ0) is 13.9. The summed E-state index contributed by atoms with van der Waals surface area (Å²) in [6.45, 7) is 0.566. The fourth-order valence-corrected chi connectivity index (χ4v) is 3.16. The minimum Gasteiger partial charge on any atom is -0.392 e. The standard InChI is InChI=1S/C13H14ClN3O2S/c14-9-3-1-2-4-11(9)20-7-12-16-13(19-17-12)10-5-8(18)6-15-10/h1-4,8,10,15,18H,5-7H2. The van der Waals surface area contributed by atoms with Crippen molar-refractivity contribution >= 4 is 23.4 Å². The van der Waals surface area contributed by atoms with Crippen molar-refractivity contribution in [3.8, 4) is 0 Å². The Morgan fingerprint density at radius 1 is 1.45 bits per heavy atom. The second kappa shape index (κ2) is 6.13. The first-order valence-electron chi connectivity index (χ1n) is 6.33. The van der Waals surface area contributed by atoms with E-state index in [0.29, 0.717) is 30.4 Å². The maximum atomic E-state index is 9.48. The normalized spacial score (nSPS) is 22.3. The minimum absolute atomic E-state index is 0.0448. The van der Waals surface area contributed by atoms with Crippen molar-refractivity contribution in [1.29, 1.82) is 0 Å². The van der Waals surface area contributed by atoms with Crippen LogP contribution in [0.1, 0.15) is 24.2 Å². The van der Waals surface area contributed by atoms with Crippen LogP contribution in [-0.4, -0.2) is 27.9 Å². The summed E-state index contributed by atoms with van der Waals surface area (Å²) in [7, 11) is 0. The first-order chi connectivity index (χ1) is 9.72. The highest BCUT2D eigenvalue weighted by molar-refractivity contribution is 7.98. The van der Waals surface area contributed by atoms with E-state index >= 15 is 0 Å². The molecule has 0 bridgehead atoms. The molecule has 1 aliphatic heterocycles. The predicted molar refractivity (Wildman–Crippen MR) is 76.7 cm³/mol. The summed E-state index contributed by atoms with van der Waals surface area (Å²) in [5, 5.41) is 17.3. The number of rotatable bonds is 4. The number of nitrogens with one attached hydrogen (secondary N) is 1. The number of aliphatic hydroxyl groups excluding tert-OH is 1. The van der Waals surface area contributed by atoms with Crippen LogP contribution < -0.4 is 5.32 Å². The van der Waals surface area contributed by atoms with Gasteiger partial charge >= 0.3 is 0 Å². The monoisotopic (exact) mass is 311 g/mol. The van der Waals surface area contributed by atoms with E-state index in [1.165, 1.54) is 0 Å². The van der Waals surface area contributed by atoms with Gasteiger partial charge in [0.1, 0.15) is 0 Å². The topological polar surface area (TPSA) is 71.2 Å².